The van der Waals surface area contributed by atoms with Crippen LogP contribution < -0.4 is 10.5 Å². The number of nitrogens with zero attached hydrogens (tertiary/aromatic N) is 1. The van der Waals surface area contributed by atoms with Crippen molar-refractivity contribution in [1.29, 1.82) is 0 Å². The van der Waals surface area contributed by atoms with E-state index in [1.807, 2.05) is 18.2 Å². The predicted molar refractivity (Wildman–Crippen MR) is 101 cm³/mol. The highest BCUT2D eigenvalue weighted by atomic mass is 35.5. The molecule has 0 bridgehead atoms. The molecular formula is C18H16Cl2N2O3. The van der Waals surface area contributed by atoms with Crippen LogP contribution in [0.2, 0.25) is 0 Å². The molecule has 0 atom stereocenters. The molecule has 0 saturated heterocycles. The van der Waals surface area contributed by atoms with E-state index in [-0.39, 0.29) is 37.1 Å². The molecule has 0 aliphatic carbocycles. The Morgan fingerprint density at radius 2 is 1.64 bits per heavy atom. The van der Waals surface area contributed by atoms with Crippen molar-refractivity contribution in [2.24, 2.45) is 5.73 Å². The molecule has 0 saturated carbocycles. The zero-order chi connectivity index (χ0) is 16.2. The molecule has 0 amide bonds. The summed E-state index contributed by atoms with van der Waals surface area (Å²) in [7, 11) is 0. The number of rotatable bonds is 4. The van der Waals surface area contributed by atoms with Crippen molar-refractivity contribution in [1.82, 2.24) is 4.98 Å². The Labute approximate surface area is 157 Å². The summed E-state index contributed by atoms with van der Waals surface area (Å²) >= 11 is 0. The van der Waals surface area contributed by atoms with Crippen LogP contribution in [-0.2, 0) is 0 Å². The van der Waals surface area contributed by atoms with Gasteiger partial charge in [-0.25, -0.2) is 4.79 Å². The standard InChI is InChI=1S/C18H14N2O3.2ClH/c19-11-17(21)13-3-5-14(6-4-13)18(22)23-15-8-7-12-2-1-9-20-16(12)10-15;;/h1-10H,11,19H2;2*1H. The second-order valence-electron chi connectivity index (χ2n) is 4.95. The van der Waals surface area contributed by atoms with Crippen LogP contribution in [0.25, 0.3) is 10.9 Å². The van der Waals surface area contributed by atoms with Crippen molar-refractivity contribution in [3.05, 3.63) is 71.9 Å². The van der Waals surface area contributed by atoms with Gasteiger partial charge in [-0.3, -0.25) is 9.78 Å². The lowest BCUT2D eigenvalue weighted by atomic mass is 10.1. The normalized spacial score (nSPS) is 9.64. The van der Waals surface area contributed by atoms with Crippen LogP contribution in [0, 0.1) is 0 Å². The highest BCUT2D eigenvalue weighted by molar-refractivity contribution is 5.99. The molecule has 2 aromatic carbocycles. The first-order chi connectivity index (χ1) is 11.2. The van der Waals surface area contributed by atoms with Gasteiger partial charge in [0.2, 0.25) is 0 Å². The average molecular weight is 379 g/mol. The molecule has 130 valence electrons. The Morgan fingerprint density at radius 1 is 0.960 bits per heavy atom. The van der Waals surface area contributed by atoms with E-state index in [9.17, 15) is 9.59 Å². The van der Waals surface area contributed by atoms with Crippen LogP contribution in [0.3, 0.4) is 0 Å². The van der Waals surface area contributed by atoms with E-state index in [0.29, 0.717) is 16.9 Å². The summed E-state index contributed by atoms with van der Waals surface area (Å²) in [4.78, 5) is 27.8. The average Bonchev–Trinajstić information content (AvgIpc) is 2.61. The SMILES string of the molecule is Cl.Cl.NCC(=O)c1ccc(C(=O)Oc2ccc3cccnc3c2)cc1. The van der Waals surface area contributed by atoms with Crippen LogP contribution >= 0.6 is 24.8 Å². The molecule has 0 aliphatic rings. The largest absolute Gasteiger partial charge is 0.423 e. The third-order valence-electron chi connectivity index (χ3n) is 3.42. The molecule has 1 aromatic heterocycles. The monoisotopic (exact) mass is 378 g/mol. The van der Waals surface area contributed by atoms with E-state index in [4.69, 9.17) is 10.5 Å². The number of Topliss-reactive ketones (excluding diaryl/α,β-unsaturated/α-hetero) is 1. The number of ether oxygens (including phenoxy) is 1. The maximum Gasteiger partial charge on any atom is 0.343 e. The fraction of sp³-hybridized carbons (Fsp3) is 0.0556. The number of carbonyl (C=O) groups is 2. The molecule has 7 heteroatoms. The van der Waals surface area contributed by atoms with Gasteiger partial charge in [0.15, 0.2) is 5.78 Å². The highest BCUT2D eigenvalue weighted by Gasteiger charge is 2.10. The number of benzene rings is 2. The first kappa shape index (κ1) is 20.6. The molecule has 3 aromatic rings. The molecule has 0 radical (unpaired) electrons. The lowest BCUT2D eigenvalue weighted by molar-refractivity contribution is 0.0734. The van der Waals surface area contributed by atoms with E-state index in [1.165, 1.54) is 0 Å². The fourth-order valence-corrected chi connectivity index (χ4v) is 2.19. The predicted octanol–water partition coefficient (Wildman–Crippen LogP) is 3.44. The van der Waals surface area contributed by atoms with Gasteiger partial charge in [0.25, 0.3) is 0 Å². The number of hydrogen-bond acceptors (Lipinski definition) is 5. The topological polar surface area (TPSA) is 82.3 Å². The van der Waals surface area contributed by atoms with E-state index in [1.54, 1.807) is 42.6 Å². The van der Waals surface area contributed by atoms with Gasteiger partial charge >= 0.3 is 5.97 Å². The van der Waals surface area contributed by atoms with E-state index >= 15 is 0 Å². The Bertz CT molecular complexity index is 883. The minimum absolute atomic E-state index is 0. The molecule has 3 rings (SSSR count). The Morgan fingerprint density at radius 3 is 2.32 bits per heavy atom. The van der Waals surface area contributed by atoms with Gasteiger partial charge in [0.1, 0.15) is 5.75 Å². The second kappa shape index (κ2) is 9.13. The number of halogens is 2. The first-order valence-electron chi connectivity index (χ1n) is 7.07. The van der Waals surface area contributed by atoms with E-state index < -0.39 is 5.97 Å². The number of esters is 1. The summed E-state index contributed by atoms with van der Waals surface area (Å²) < 4.78 is 5.35. The van der Waals surface area contributed by atoms with Gasteiger partial charge in [-0.1, -0.05) is 18.2 Å². The molecule has 0 spiro atoms. The van der Waals surface area contributed by atoms with Crippen molar-refractivity contribution in [2.45, 2.75) is 0 Å². The van der Waals surface area contributed by atoms with Gasteiger partial charge in [-0.15, -0.1) is 24.8 Å². The molecule has 1 heterocycles. The number of ketones is 1. The Balaban J connectivity index is 0.00000156. The lowest BCUT2D eigenvalue weighted by Gasteiger charge is -2.06. The number of fused-ring (bicyclic) bond motifs is 1. The third kappa shape index (κ3) is 4.76. The van der Waals surface area contributed by atoms with E-state index in [2.05, 4.69) is 4.98 Å². The molecule has 2 N–H and O–H groups in total. The maximum absolute atomic E-state index is 12.1. The number of hydrogen-bond donors (Lipinski definition) is 1. The summed E-state index contributed by atoms with van der Waals surface area (Å²) in [6.45, 7) is -0.0616. The van der Waals surface area contributed by atoms with Crippen LogP contribution in [0.1, 0.15) is 20.7 Å². The zero-order valence-electron chi connectivity index (χ0n) is 13.0. The van der Waals surface area contributed by atoms with Crippen molar-refractivity contribution in [3.63, 3.8) is 0 Å². The van der Waals surface area contributed by atoms with Crippen LogP contribution in [0.5, 0.6) is 5.75 Å². The van der Waals surface area contributed by atoms with Crippen molar-refractivity contribution in [2.75, 3.05) is 6.54 Å². The van der Waals surface area contributed by atoms with Crippen molar-refractivity contribution < 1.29 is 14.3 Å². The number of nitrogens with two attached hydrogens (primary N) is 1. The zero-order valence-corrected chi connectivity index (χ0v) is 14.7. The molecule has 0 aliphatic heterocycles. The fourth-order valence-electron chi connectivity index (χ4n) is 2.19. The van der Waals surface area contributed by atoms with Gasteiger partial charge in [0.05, 0.1) is 17.6 Å². The molecule has 25 heavy (non-hydrogen) atoms. The van der Waals surface area contributed by atoms with Crippen molar-refractivity contribution in [3.8, 4) is 5.75 Å². The summed E-state index contributed by atoms with van der Waals surface area (Å²) in [6, 6.07) is 15.3. The summed E-state index contributed by atoms with van der Waals surface area (Å²) in [5, 5.41) is 0.969. The summed E-state index contributed by atoms with van der Waals surface area (Å²) in [5.74, 6) is -0.249. The molecular weight excluding hydrogens is 363 g/mol. The minimum Gasteiger partial charge on any atom is -0.423 e. The van der Waals surface area contributed by atoms with E-state index in [0.717, 1.165) is 10.9 Å². The Hall–Kier alpha value is -2.47. The minimum atomic E-state index is -0.493. The van der Waals surface area contributed by atoms with Crippen LogP contribution in [0.15, 0.2) is 60.8 Å². The summed E-state index contributed by atoms with van der Waals surface area (Å²) in [5.41, 5.74) is 6.89. The number of aromatic nitrogens is 1. The third-order valence-corrected chi connectivity index (χ3v) is 3.42. The smallest absolute Gasteiger partial charge is 0.343 e. The quantitative estimate of drug-likeness (QED) is 0.427. The second-order valence-corrected chi connectivity index (χ2v) is 4.95. The Kier molecular flexibility index (Phi) is 7.51. The number of carbonyl (C=O) groups excluding carboxylic acids is 2. The molecule has 5 nitrogen and oxygen atoms in total. The maximum atomic E-state index is 12.1. The van der Waals surface area contributed by atoms with Gasteiger partial charge < -0.3 is 10.5 Å². The number of pyridine rings is 1. The van der Waals surface area contributed by atoms with Crippen LogP contribution in [0.4, 0.5) is 0 Å². The van der Waals surface area contributed by atoms with Crippen molar-refractivity contribution >= 4 is 47.5 Å². The van der Waals surface area contributed by atoms with Gasteiger partial charge in [-0.05, 0) is 30.3 Å². The highest BCUT2D eigenvalue weighted by Crippen LogP contribution is 2.20. The van der Waals surface area contributed by atoms with Crippen LogP contribution in [-0.4, -0.2) is 23.3 Å². The summed E-state index contributed by atoms with van der Waals surface area (Å²) in [6.07, 6.45) is 1.68. The van der Waals surface area contributed by atoms with Gasteiger partial charge in [0, 0.05) is 23.2 Å². The first-order valence-corrected chi connectivity index (χ1v) is 7.07. The lowest BCUT2D eigenvalue weighted by Crippen LogP contribution is -2.14. The molecule has 0 unspecified atom stereocenters. The molecule has 0 fully saturated rings. The van der Waals surface area contributed by atoms with Gasteiger partial charge in [-0.2, -0.15) is 0 Å².